The fourth-order valence-electron chi connectivity index (χ4n) is 2.10. The number of alkyl carbamates (subject to hydrolysis) is 1. The van der Waals surface area contributed by atoms with Crippen LogP contribution in [0.15, 0.2) is 18.2 Å². The van der Waals surface area contributed by atoms with Crippen molar-refractivity contribution in [1.29, 1.82) is 0 Å². The number of methoxy groups -OCH3 is 1. The quantitative estimate of drug-likeness (QED) is 0.904. The van der Waals surface area contributed by atoms with Crippen molar-refractivity contribution in [2.75, 3.05) is 13.7 Å². The fraction of sp³-hybridized carbons (Fsp3) is 0.533. The third-order valence-corrected chi connectivity index (χ3v) is 2.96. The molecule has 1 aromatic rings. The van der Waals surface area contributed by atoms with Crippen molar-refractivity contribution in [3.63, 3.8) is 0 Å². The second kappa shape index (κ2) is 5.71. The average molecular weight is 279 g/mol. The Kier molecular flexibility index (Phi) is 4.18. The Morgan fingerprint density at radius 3 is 2.80 bits per heavy atom. The van der Waals surface area contributed by atoms with Crippen LogP contribution in [0.2, 0.25) is 0 Å². The molecule has 1 aliphatic heterocycles. The SMILES string of the molecule is COc1ccc2c(c1)C(NC(=O)OC(C)(C)C)COC2. The van der Waals surface area contributed by atoms with Gasteiger partial charge in [0.1, 0.15) is 11.4 Å². The van der Waals surface area contributed by atoms with E-state index in [9.17, 15) is 4.79 Å². The van der Waals surface area contributed by atoms with E-state index in [-0.39, 0.29) is 6.04 Å². The molecule has 20 heavy (non-hydrogen) atoms. The Morgan fingerprint density at radius 2 is 2.15 bits per heavy atom. The Balaban J connectivity index is 2.13. The van der Waals surface area contributed by atoms with E-state index >= 15 is 0 Å². The first-order valence-electron chi connectivity index (χ1n) is 6.63. The Morgan fingerprint density at radius 1 is 1.40 bits per heavy atom. The van der Waals surface area contributed by atoms with Gasteiger partial charge in [-0.3, -0.25) is 0 Å². The molecule has 0 spiro atoms. The minimum absolute atomic E-state index is 0.219. The lowest BCUT2D eigenvalue weighted by Gasteiger charge is -2.28. The van der Waals surface area contributed by atoms with Crippen molar-refractivity contribution in [2.24, 2.45) is 0 Å². The molecule has 1 heterocycles. The predicted octanol–water partition coefficient (Wildman–Crippen LogP) is 2.79. The van der Waals surface area contributed by atoms with Crippen LogP contribution in [0.1, 0.15) is 37.9 Å². The van der Waals surface area contributed by atoms with Crippen LogP contribution < -0.4 is 10.1 Å². The summed E-state index contributed by atoms with van der Waals surface area (Å²) >= 11 is 0. The van der Waals surface area contributed by atoms with E-state index in [1.54, 1.807) is 7.11 Å². The maximum absolute atomic E-state index is 11.9. The van der Waals surface area contributed by atoms with E-state index in [0.717, 1.165) is 16.9 Å². The first-order valence-corrected chi connectivity index (χ1v) is 6.63. The summed E-state index contributed by atoms with van der Waals surface area (Å²) in [5.41, 5.74) is 1.55. The van der Waals surface area contributed by atoms with Crippen molar-refractivity contribution in [1.82, 2.24) is 5.32 Å². The highest BCUT2D eigenvalue weighted by molar-refractivity contribution is 5.68. The maximum atomic E-state index is 11.9. The third-order valence-electron chi connectivity index (χ3n) is 2.96. The summed E-state index contributed by atoms with van der Waals surface area (Å²) in [6.07, 6.45) is -0.443. The molecule has 1 atom stereocenters. The summed E-state index contributed by atoms with van der Waals surface area (Å²) in [5.74, 6) is 0.765. The number of rotatable bonds is 2. The van der Waals surface area contributed by atoms with Gasteiger partial charge in [0.05, 0.1) is 26.4 Å². The molecule has 0 saturated heterocycles. The number of fused-ring (bicyclic) bond motifs is 1. The third kappa shape index (κ3) is 3.63. The highest BCUT2D eigenvalue weighted by atomic mass is 16.6. The predicted molar refractivity (Wildman–Crippen MR) is 74.8 cm³/mol. The average Bonchev–Trinajstić information content (AvgIpc) is 2.36. The van der Waals surface area contributed by atoms with Crippen LogP contribution in [-0.2, 0) is 16.1 Å². The van der Waals surface area contributed by atoms with E-state index in [1.165, 1.54) is 0 Å². The smallest absolute Gasteiger partial charge is 0.408 e. The number of hydrogen-bond donors (Lipinski definition) is 1. The molecule has 1 amide bonds. The summed E-state index contributed by atoms with van der Waals surface area (Å²) < 4.78 is 16.0. The zero-order valence-electron chi connectivity index (χ0n) is 12.4. The van der Waals surface area contributed by atoms with Gasteiger partial charge in [-0.2, -0.15) is 0 Å². The molecule has 5 heteroatoms. The van der Waals surface area contributed by atoms with Crippen LogP contribution in [0.25, 0.3) is 0 Å². The normalized spacial score (nSPS) is 18.1. The Bertz CT molecular complexity index is 493. The van der Waals surface area contributed by atoms with E-state index < -0.39 is 11.7 Å². The number of carbonyl (C=O) groups excluding carboxylic acids is 1. The van der Waals surface area contributed by atoms with Crippen LogP contribution in [0.5, 0.6) is 5.75 Å². The lowest BCUT2D eigenvalue weighted by Crippen LogP contribution is -2.38. The molecule has 1 aliphatic rings. The lowest BCUT2D eigenvalue weighted by atomic mass is 9.99. The van der Waals surface area contributed by atoms with Gasteiger partial charge in [0.2, 0.25) is 0 Å². The van der Waals surface area contributed by atoms with E-state index in [4.69, 9.17) is 14.2 Å². The van der Waals surface area contributed by atoms with Gasteiger partial charge in [0.15, 0.2) is 0 Å². The van der Waals surface area contributed by atoms with E-state index in [2.05, 4.69) is 5.32 Å². The minimum atomic E-state index is -0.517. The summed E-state index contributed by atoms with van der Waals surface area (Å²) in [6.45, 7) is 6.48. The first kappa shape index (κ1) is 14.7. The van der Waals surface area contributed by atoms with Crippen LogP contribution in [0.4, 0.5) is 4.79 Å². The monoisotopic (exact) mass is 279 g/mol. The van der Waals surface area contributed by atoms with Gasteiger partial charge in [-0.25, -0.2) is 4.79 Å². The van der Waals surface area contributed by atoms with Crippen LogP contribution >= 0.6 is 0 Å². The molecule has 1 aromatic carbocycles. The molecule has 0 saturated carbocycles. The van der Waals surface area contributed by atoms with Gasteiger partial charge in [-0.15, -0.1) is 0 Å². The number of amides is 1. The summed E-state index contributed by atoms with van der Waals surface area (Å²) in [5, 5.41) is 2.84. The van der Waals surface area contributed by atoms with Crippen molar-refractivity contribution in [2.45, 2.75) is 39.0 Å². The molecular weight excluding hydrogens is 258 g/mol. The van der Waals surface area contributed by atoms with E-state index in [0.29, 0.717) is 13.2 Å². The standard InChI is InChI=1S/C15H21NO4/c1-15(2,3)20-14(17)16-13-9-19-8-10-5-6-11(18-4)7-12(10)13/h5-7,13H,8-9H2,1-4H3,(H,16,17). The Hall–Kier alpha value is -1.75. The molecule has 5 nitrogen and oxygen atoms in total. The topological polar surface area (TPSA) is 56.8 Å². The minimum Gasteiger partial charge on any atom is -0.497 e. The zero-order chi connectivity index (χ0) is 14.8. The van der Waals surface area contributed by atoms with Crippen LogP contribution in [0, 0.1) is 0 Å². The van der Waals surface area contributed by atoms with Gasteiger partial charge in [0, 0.05) is 0 Å². The maximum Gasteiger partial charge on any atom is 0.408 e. The second-order valence-electron chi connectivity index (χ2n) is 5.78. The fourth-order valence-corrected chi connectivity index (χ4v) is 2.10. The summed E-state index contributed by atoms with van der Waals surface area (Å²) in [7, 11) is 1.62. The Labute approximate surface area is 119 Å². The highest BCUT2D eigenvalue weighted by Crippen LogP contribution is 2.28. The molecule has 2 rings (SSSR count). The lowest BCUT2D eigenvalue weighted by molar-refractivity contribution is 0.0389. The van der Waals surface area contributed by atoms with Gasteiger partial charge in [-0.05, 0) is 44.0 Å². The molecule has 0 radical (unpaired) electrons. The molecule has 0 aromatic heterocycles. The van der Waals surface area contributed by atoms with E-state index in [1.807, 2.05) is 39.0 Å². The molecular formula is C15H21NO4. The highest BCUT2D eigenvalue weighted by Gasteiger charge is 2.25. The molecule has 0 fully saturated rings. The summed E-state index contributed by atoms with van der Waals surface area (Å²) in [6, 6.07) is 5.55. The number of benzene rings is 1. The van der Waals surface area contributed by atoms with Gasteiger partial charge in [0.25, 0.3) is 0 Å². The molecule has 110 valence electrons. The van der Waals surface area contributed by atoms with Crippen LogP contribution in [-0.4, -0.2) is 25.4 Å². The van der Waals surface area contributed by atoms with Crippen molar-refractivity contribution >= 4 is 6.09 Å². The molecule has 1 N–H and O–H groups in total. The largest absolute Gasteiger partial charge is 0.497 e. The van der Waals surface area contributed by atoms with Crippen molar-refractivity contribution < 1.29 is 19.0 Å². The summed E-state index contributed by atoms with van der Waals surface area (Å²) in [4.78, 5) is 11.9. The number of nitrogens with one attached hydrogen (secondary N) is 1. The molecule has 1 unspecified atom stereocenters. The first-order chi connectivity index (χ1) is 9.39. The van der Waals surface area contributed by atoms with Crippen molar-refractivity contribution in [3.8, 4) is 5.75 Å². The zero-order valence-corrected chi connectivity index (χ0v) is 12.4. The number of carbonyl (C=O) groups is 1. The number of hydrogen-bond acceptors (Lipinski definition) is 4. The van der Waals surface area contributed by atoms with Crippen molar-refractivity contribution in [3.05, 3.63) is 29.3 Å². The number of ether oxygens (including phenoxy) is 3. The van der Waals surface area contributed by atoms with Gasteiger partial charge in [-0.1, -0.05) is 6.07 Å². The van der Waals surface area contributed by atoms with Gasteiger partial charge < -0.3 is 19.5 Å². The molecule has 0 aliphatic carbocycles. The van der Waals surface area contributed by atoms with Gasteiger partial charge >= 0.3 is 6.09 Å². The second-order valence-corrected chi connectivity index (χ2v) is 5.78. The van der Waals surface area contributed by atoms with Crippen LogP contribution in [0.3, 0.4) is 0 Å². The molecule has 0 bridgehead atoms.